The van der Waals surface area contributed by atoms with Crippen LogP contribution < -0.4 is 9.47 Å². The van der Waals surface area contributed by atoms with Gasteiger partial charge in [-0.05, 0) is 91.7 Å². The molecule has 0 saturated carbocycles. The van der Waals surface area contributed by atoms with Crippen molar-refractivity contribution in [3.05, 3.63) is 119 Å². The second kappa shape index (κ2) is 13.0. The Balaban J connectivity index is 1.56. The molecule has 40 heavy (non-hydrogen) atoms. The van der Waals surface area contributed by atoms with Gasteiger partial charge in [0.15, 0.2) is 0 Å². The van der Waals surface area contributed by atoms with Crippen LogP contribution in [0.1, 0.15) is 55.3 Å². The first-order chi connectivity index (χ1) is 19.4. The van der Waals surface area contributed by atoms with E-state index in [0.717, 1.165) is 0 Å². The molecule has 8 nitrogen and oxygen atoms in total. The number of carbonyl (C=O) groups is 4. The molecule has 0 amide bonds. The minimum absolute atomic E-state index is 0.212. The first-order valence-corrected chi connectivity index (χ1v) is 12.6. The number of carbonyl (C=O) groups excluding carboxylic acids is 4. The van der Waals surface area contributed by atoms with E-state index in [1.165, 1.54) is 60.7 Å². The Bertz CT molecular complexity index is 1510. The summed E-state index contributed by atoms with van der Waals surface area (Å²) < 4.78 is 21.0. The van der Waals surface area contributed by atoms with Gasteiger partial charge >= 0.3 is 23.9 Å². The third-order valence-electron chi connectivity index (χ3n) is 5.71. The molecule has 0 spiro atoms. The highest BCUT2D eigenvalue weighted by Gasteiger charge is 2.19. The summed E-state index contributed by atoms with van der Waals surface area (Å²) in [6, 6.07) is 25.7. The van der Waals surface area contributed by atoms with E-state index in [0.29, 0.717) is 22.3 Å². The summed E-state index contributed by atoms with van der Waals surface area (Å²) in [5, 5.41) is 0. The number of rotatable bonds is 9. The molecule has 0 aliphatic carbocycles. The molecular formula is C32H26O8. The molecule has 0 unspecified atom stereocenters. The van der Waals surface area contributed by atoms with Gasteiger partial charge in [0.05, 0.1) is 35.5 Å². The van der Waals surface area contributed by atoms with Crippen molar-refractivity contribution in [1.29, 1.82) is 0 Å². The second-order valence-corrected chi connectivity index (χ2v) is 8.40. The topological polar surface area (TPSA) is 105 Å². The molecule has 0 aliphatic rings. The molecule has 0 aliphatic heterocycles. The van der Waals surface area contributed by atoms with Gasteiger partial charge in [-0.2, -0.15) is 0 Å². The van der Waals surface area contributed by atoms with E-state index in [2.05, 4.69) is 0 Å². The molecule has 0 saturated heterocycles. The molecule has 0 atom stereocenters. The first kappa shape index (κ1) is 27.8. The van der Waals surface area contributed by atoms with Crippen LogP contribution in [0.2, 0.25) is 0 Å². The minimum Gasteiger partial charge on any atom is -0.462 e. The normalized spacial score (nSPS) is 10.3. The van der Waals surface area contributed by atoms with Gasteiger partial charge in [-0.3, -0.25) is 0 Å². The van der Waals surface area contributed by atoms with E-state index in [4.69, 9.17) is 18.9 Å². The van der Waals surface area contributed by atoms with Gasteiger partial charge in [0.1, 0.15) is 11.5 Å². The largest absolute Gasteiger partial charge is 0.462 e. The highest BCUT2D eigenvalue weighted by atomic mass is 16.5. The van der Waals surface area contributed by atoms with Crippen molar-refractivity contribution < 1.29 is 38.1 Å². The summed E-state index contributed by atoms with van der Waals surface area (Å²) in [4.78, 5) is 49.9. The summed E-state index contributed by atoms with van der Waals surface area (Å²) >= 11 is 0. The van der Waals surface area contributed by atoms with Gasteiger partial charge in [0.25, 0.3) is 0 Å². The van der Waals surface area contributed by atoms with E-state index in [9.17, 15) is 19.2 Å². The summed E-state index contributed by atoms with van der Waals surface area (Å²) in [5.41, 5.74) is 2.29. The molecule has 4 aromatic carbocycles. The predicted octanol–water partition coefficient (Wildman–Crippen LogP) is 6.15. The van der Waals surface area contributed by atoms with Crippen molar-refractivity contribution in [3.63, 3.8) is 0 Å². The summed E-state index contributed by atoms with van der Waals surface area (Å²) in [5.74, 6) is -1.73. The van der Waals surface area contributed by atoms with Gasteiger partial charge in [-0.15, -0.1) is 0 Å². The molecular weight excluding hydrogens is 512 g/mol. The first-order valence-electron chi connectivity index (χ1n) is 12.6. The van der Waals surface area contributed by atoms with E-state index >= 15 is 0 Å². The SMILES string of the molecule is CCOC(=O)c1ccc(OC(=O)c2ccc(C(=O)Oc3ccc(C(=O)OCC)cc3)c(-c3ccccc3)c2)cc1. The van der Waals surface area contributed by atoms with Crippen LogP contribution in [-0.2, 0) is 9.47 Å². The lowest BCUT2D eigenvalue weighted by Crippen LogP contribution is -2.13. The number of hydrogen-bond donors (Lipinski definition) is 0. The third-order valence-corrected chi connectivity index (χ3v) is 5.71. The lowest BCUT2D eigenvalue weighted by molar-refractivity contribution is 0.0516. The number of hydrogen-bond acceptors (Lipinski definition) is 8. The fraction of sp³-hybridized carbons (Fsp3) is 0.125. The zero-order valence-corrected chi connectivity index (χ0v) is 21.9. The van der Waals surface area contributed by atoms with Crippen LogP contribution in [0.3, 0.4) is 0 Å². The fourth-order valence-corrected chi connectivity index (χ4v) is 3.78. The maximum absolute atomic E-state index is 13.2. The number of ether oxygens (including phenoxy) is 4. The third kappa shape index (κ3) is 6.79. The molecule has 4 rings (SSSR count). The van der Waals surface area contributed by atoms with E-state index < -0.39 is 23.9 Å². The Morgan fingerprint density at radius 2 is 1.00 bits per heavy atom. The van der Waals surface area contributed by atoms with Crippen molar-refractivity contribution in [2.24, 2.45) is 0 Å². The maximum Gasteiger partial charge on any atom is 0.344 e. The second-order valence-electron chi connectivity index (χ2n) is 8.40. The average molecular weight is 539 g/mol. The zero-order valence-electron chi connectivity index (χ0n) is 21.9. The predicted molar refractivity (Wildman–Crippen MR) is 147 cm³/mol. The molecule has 4 aromatic rings. The molecule has 0 radical (unpaired) electrons. The molecule has 0 bridgehead atoms. The van der Waals surface area contributed by atoms with Crippen molar-refractivity contribution >= 4 is 23.9 Å². The van der Waals surface area contributed by atoms with Crippen LogP contribution in [0.15, 0.2) is 97.1 Å². The van der Waals surface area contributed by atoms with Crippen molar-refractivity contribution in [1.82, 2.24) is 0 Å². The number of benzene rings is 4. The average Bonchev–Trinajstić information content (AvgIpc) is 2.98. The molecule has 0 heterocycles. The van der Waals surface area contributed by atoms with Crippen LogP contribution in [0.4, 0.5) is 0 Å². The Kier molecular flexibility index (Phi) is 9.04. The molecule has 202 valence electrons. The lowest BCUT2D eigenvalue weighted by atomic mass is 9.97. The van der Waals surface area contributed by atoms with Gasteiger partial charge in [0.2, 0.25) is 0 Å². The van der Waals surface area contributed by atoms with Gasteiger partial charge in [-0.25, -0.2) is 19.2 Å². The van der Waals surface area contributed by atoms with Crippen molar-refractivity contribution in [2.45, 2.75) is 13.8 Å². The molecule has 0 N–H and O–H groups in total. The number of esters is 4. The maximum atomic E-state index is 13.2. The fourth-order valence-electron chi connectivity index (χ4n) is 3.78. The van der Waals surface area contributed by atoms with E-state index in [-0.39, 0.29) is 35.8 Å². The lowest BCUT2D eigenvalue weighted by Gasteiger charge is -2.12. The Morgan fingerprint density at radius 3 is 1.50 bits per heavy atom. The van der Waals surface area contributed by atoms with Gasteiger partial charge < -0.3 is 18.9 Å². The van der Waals surface area contributed by atoms with Crippen LogP contribution in [0.25, 0.3) is 11.1 Å². The van der Waals surface area contributed by atoms with Crippen molar-refractivity contribution in [2.75, 3.05) is 13.2 Å². The quantitative estimate of drug-likeness (QED) is 0.185. The summed E-state index contributed by atoms with van der Waals surface area (Å²) in [6.07, 6.45) is 0. The zero-order chi connectivity index (χ0) is 28.5. The van der Waals surface area contributed by atoms with Crippen LogP contribution in [0.5, 0.6) is 11.5 Å². The van der Waals surface area contributed by atoms with Gasteiger partial charge in [-0.1, -0.05) is 30.3 Å². The smallest absolute Gasteiger partial charge is 0.344 e. The highest BCUT2D eigenvalue weighted by molar-refractivity contribution is 6.01. The molecule has 0 aromatic heterocycles. The Morgan fingerprint density at radius 1 is 0.525 bits per heavy atom. The molecule has 0 fully saturated rings. The van der Waals surface area contributed by atoms with E-state index in [1.807, 2.05) is 30.3 Å². The minimum atomic E-state index is -0.643. The summed E-state index contributed by atoms with van der Waals surface area (Å²) in [7, 11) is 0. The highest BCUT2D eigenvalue weighted by Crippen LogP contribution is 2.27. The van der Waals surface area contributed by atoms with E-state index in [1.54, 1.807) is 19.9 Å². The summed E-state index contributed by atoms with van der Waals surface area (Å²) in [6.45, 7) is 3.94. The molecule has 8 heteroatoms. The van der Waals surface area contributed by atoms with Crippen LogP contribution in [-0.4, -0.2) is 37.1 Å². The van der Waals surface area contributed by atoms with Crippen LogP contribution in [0, 0.1) is 0 Å². The Labute approximate surface area is 231 Å². The van der Waals surface area contributed by atoms with Crippen LogP contribution >= 0.6 is 0 Å². The monoisotopic (exact) mass is 538 g/mol. The Hall–Kier alpha value is -5.24. The van der Waals surface area contributed by atoms with Crippen molar-refractivity contribution in [3.8, 4) is 22.6 Å². The van der Waals surface area contributed by atoms with Gasteiger partial charge in [0, 0.05) is 0 Å². The standard InChI is InChI=1S/C32H26O8/c1-3-37-29(33)22-10-15-25(16-11-22)39-31(35)24-14-19-27(28(20-24)21-8-6-5-7-9-21)32(36)40-26-17-12-23(13-18-26)30(34)38-4-2/h5-20H,3-4H2,1-2H3.